The molecule has 1 atom stereocenters. The standard InChI is InChI=1S/C32H32ClF2N5O/c1-4-36-30-20(2)25(19-40-16-13-37-21(40)3)17-24-18-26(33)7-10-28(24)29(30)22-11-14-39(15-12-22)32(41)38-27-8-5-23(6-9-27)31(34)35/h4-10,13,16-18,22,29,31H,1-2,11-12,14-15,19H2,3H3,(H,38,41). The number of rotatable bonds is 6. The second-order valence-corrected chi connectivity index (χ2v) is 10.8. The van der Waals surface area contributed by atoms with Crippen molar-refractivity contribution in [1.82, 2.24) is 14.5 Å². The number of piperidine rings is 1. The van der Waals surface area contributed by atoms with Gasteiger partial charge < -0.3 is 14.8 Å². The van der Waals surface area contributed by atoms with E-state index in [1.54, 1.807) is 17.3 Å². The largest absolute Gasteiger partial charge is 0.331 e. The van der Waals surface area contributed by atoms with Gasteiger partial charge in [0.25, 0.3) is 6.43 Å². The first kappa shape index (κ1) is 28.5. The van der Waals surface area contributed by atoms with Crippen LogP contribution >= 0.6 is 11.6 Å². The first-order valence-corrected chi connectivity index (χ1v) is 13.9. The van der Waals surface area contributed by atoms with Crippen LogP contribution in [0.2, 0.25) is 5.02 Å². The molecule has 1 aromatic heterocycles. The van der Waals surface area contributed by atoms with Crippen molar-refractivity contribution in [3.8, 4) is 0 Å². The summed E-state index contributed by atoms with van der Waals surface area (Å²) in [6.45, 7) is 12.0. The van der Waals surface area contributed by atoms with Crippen LogP contribution in [0.5, 0.6) is 0 Å². The van der Waals surface area contributed by atoms with Gasteiger partial charge in [-0.25, -0.2) is 18.6 Å². The van der Waals surface area contributed by atoms with E-state index in [1.807, 2.05) is 25.3 Å². The van der Waals surface area contributed by atoms with Crippen LogP contribution in [0.15, 0.2) is 90.4 Å². The van der Waals surface area contributed by atoms with E-state index in [0.717, 1.165) is 46.7 Å². The van der Waals surface area contributed by atoms with Gasteiger partial charge in [-0.2, -0.15) is 0 Å². The minimum atomic E-state index is -2.55. The van der Waals surface area contributed by atoms with Gasteiger partial charge in [0.2, 0.25) is 0 Å². The lowest BCUT2D eigenvalue weighted by molar-refractivity contribution is 0.151. The van der Waals surface area contributed by atoms with E-state index in [1.165, 1.54) is 24.3 Å². The first-order chi connectivity index (χ1) is 19.7. The number of fused-ring (bicyclic) bond motifs is 1. The number of benzene rings is 2. The average molecular weight is 576 g/mol. The zero-order chi connectivity index (χ0) is 29.1. The van der Waals surface area contributed by atoms with Crippen LogP contribution in [0.25, 0.3) is 6.08 Å². The summed E-state index contributed by atoms with van der Waals surface area (Å²) in [6, 6.07) is 11.4. The van der Waals surface area contributed by atoms with Crippen LogP contribution in [0.3, 0.4) is 0 Å². The average Bonchev–Trinajstić information content (AvgIpc) is 3.33. The van der Waals surface area contributed by atoms with Crippen molar-refractivity contribution in [2.24, 2.45) is 10.9 Å². The Bertz CT molecular complexity index is 1520. The highest BCUT2D eigenvalue weighted by Gasteiger charge is 2.36. The molecule has 2 aromatic carbocycles. The molecular weight excluding hydrogens is 544 g/mol. The number of nitrogens with one attached hydrogen (secondary N) is 1. The molecule has 41 heavy (non-hydrogen) atoms. The smallest absolute Gasteiger partial charge is 0.321 e. The van der Waals surface area contributed by atoms with Crippen molar-refractivity contribution in [2.75, 3.05) is 18.4 Å². The van der Waals surface area contributed by atoms with Crippen LogP contribution in [0, 0.1) is 12.8 Å². The molecule has 2 amide bonds. The number of hydrogen-bond donors (Lipinski definition) is 1. The molecule has 6 nitrogen and oxygen atoms in total. The number of aromatic nitrogens is 2. The molecule has 0 bridgehead atoms. The number of halogens is 3. The number of carbonyl (C=O) groups excluding carboxylic acids is 1. The Morgan fingerprint density at radius 3 is 2.59 bits per heavy atom. The van der Waals surface area contributed by atoms with Crippen molar-refractivity contribution in [3.63, 3.8) is 0 Å². The van der Waals surface area contributed by atoms with Gasteiger partial charge in [-0.1, -0.05) is 43.0 Å². The zero-order valence-electron chi connectivity index (χ0n) is 22.9. The molecule has 1 saturated heterocycles. The normalized spacial score (nSPS) is 18.7. The van der Waals surface area contributed by atoms with E-state index in [0.29, 0.717) is 30.3 Å². The molecule has 1 unspecified atom stereocenters. The van der Waals surface area contributed by atoms with Crippen LogP contribution in [0.1, 0.15) is 47.7 Å². The summed E-state index contributed by atoms with van der Waals surface area (Å²) in [4.78, 5) is 23.9. The lowest BCUT2D eigenvalue weighted by Gasteiger charge is -2.37. The molecular formula is C32H32ClF2N5O. The summed E-state index contributed by atoms with van der Waals surface area (Å²) in [7, 11) is 0. The molecule has 5 rings (SSSR count). The third kappa shape index (κ3) is 6.17. The topological polar surface area (TPSA) is 62.5 Å². The Hall–Kier alpha value is -4.04. The van der Waals surface area contributed by atoms with E-state index in [9.17, 15) is 13.6 Å². The maximum absolute atomic E-state index is 13.0. The first-order valence-electron chi connectivity index (χ1n) is 13.5. The van der Waals surface area contributed by atoms with Gasteiger partial charge in [0.15, 0.2) is 0 Å². The molecule has 9 heteroatoms. The van der Waals surface area contributed by atoms with Gasteiger partial charge in [-0.15, -0.1) is 0 Å². The Labute approximate surface area is 243 Å². The number of amides is 2. The lowest BCUT2D eigenvalue weighted by atomic mass is 9.75. The minimum Gasteiger partial charge on any atom is -0.331 e. The fourth-order valence-corrected chi connectivity index (χ4v) is 5.89. The molecule has 3 aromatic rings. The molecule has 0 saturated carbocycles. The second kappa shape index (κ2) is 12.2. The monoisotopic (exact) mass is 575 g/mol. The molecule has 2 aliphatic rings. The van der Waals surface area contributed by atoms with Gasteiger partial charge in [0, 0.05) is 60.4 Å². The number of carbonyl (C=O) groups is 1. The number of likely N-dealkylation sites (tertiary alicyclic amines) is 1. The predicted octanol–water partition coefficient (Wildman–Crippen LogP) is 8.05. The lowest BCUT2D eigenvalue weighted by Crippen LogP contribution is -2.43. The molecule has 1 aliphatic heterocycles. The molecule has 1 N–H and O–H groups in total. The van der Waals surface area contributed by atoms with Gasteiger partial charge >= 0.3 is 6.03 Å². The summed E-state index contributed by atoms with van der Waals surface area (Å²) in [5.74, 6) is 1.05. The summed E-state index contributed by atoms with van der Waals surface area (Å²) in [5.41, 5.74) is 5.29. The van der Waals surface area contributed by atoms with Crippen molar-refractivity contribution >= 4 is 35.1 Å². The summed E-state index contributed by atoms with van der Waals surface area (Å²) in [6.07, 6.45) is 6.40. The van der Waals surface area contributed by atoms with Gasteiger partial charge in [0.1, 0.15) is 5.82 Å². The number of allylic oxidation sites excluding steroid dienone is 2. The van der Waals surface area contributed by atoms with Crippen molar-refractivity contribution in [2.45, 2.75) is 38.7 Å². The van der Waals surface area contributed by atoms with Crippen LogP contribution in [0.4, 0.5) is 19.3 Å². The highest BCUT2D eigenvalue weighted by Crippen LogP contribution is 2.42. The number of alkyl halides is 2. The number of aryl methyl sites for hydroxylation is 1. The molecule has 2 heterocycles. The van der Waals surface area contributed by atoms with Crippen LogP contribution < -0.4 is 5.32 Å². The third-order valence-corrected chi connectivity index (χ3v) is 8.15. The summed E-state index contributed by atoms with van der Waals surface area (Å²) >= 11 is 6.46. The van der Waals surface area contributed by atoms with Crippen molar-refractivity contribution < 1.29 is 13.6 Å². The molecule has 0 spiro atoms. The van der Waals surface area contributed by atoms with Crippen molar-refractivity contribution in [3.05, 3.63) is 113 Å². The molecule has 212 valence electrons. The van der Waals surface area contributed by atoms with Gasteiger partial charge in [-0.05, 0) is 78.3 Å². The third-order valence-electron chi connectivity index (χ3n) is 7.91. The molecule has 1 aliphatic carbocycles. The fraction of sp³-hybridized carbons (Fsp3) is 0.281. The fourth-order valence-electron chi connectivity index (χ4n) is 5.71. The predicted molar refractivity (Wildman–Crippen MR) is 161 cm³/mol. The number of aliphatic imine (C=N–C) groups is 1. The number of urea groups is 1. The maximum Gasteiger partial charge on any atom is 0.321 e. The number of hydrogen-bond acceptors (Lipinski definition) is 3. The number of anilines is 1. The van der Waals surface area contributed by atoms with Crippen LogP contribution in [-0.4, -0.2) is 39.3 Å². The highest BCUT2D eigenvalue weighted by molar-refractivity contribution is 6.30. The van der Waals surface area contributed by atoms with E-state index in [-0.39, 0.29) is 23.4 Å². The van der Waals surface area contributed by atoms with Crippen LogP contribution in [-0.2, 0) is 6.54 Å². The molecule has 1 fully saturated rings. The van der Waals surface area contributed by atoms with E-state index >= 15 is 0 Å². The highest BCUT2D eigenvalue weighted by atomic mass is 35.5. The number of imidazole rings is 1. The number of nitrogens with zero attached hydrogens (tertiary/aromatic N) is 4. The SMILES string of the molecule is C=CN=C1C(=C)C(Cn2ccnc2C)=Cc2cc(Cl)ccc2C1C1CCN(C(=O)Nc2ccc(C(F)F)cc2)CC1. The van der Waals surface area contributed by atoms with E-state index < -0.39 is 6.43 Å². The van der Waals surface area contributed by atoms with E-state index in [4.69, 9.17) is 16.6 Å². The Morgan fingerprint density at radius 1 is 1.22 bits per heavy atom. The second-order valence-electron chi connectivity index (χ2n) is 10.4. The maximum atomic E-state index is 13.0. The Balaban J connectivity index is 1.37. The van der Waals surface area contributed by atoms with E-state index in [2.05, 4.69) is 40.2 Å². The minimum absolute atomic E-state index is 0.0579. The Kier molecular flexibility index (Phi) is 8.49. The summed E-state index contributed by atoms with van der Waals surface area (Å²) in [5, 5.41) is 3.48. The summed E-state index contributed by atoms with van der Waals surface area (Å²) < 4.78 is 27.8. The zero-order valence-corrected chi connectivity index (χ0v) is 23.6. The van der Waals surface area contributed by atoms with Gasteiger partial charge in [-0.3, -0.25) is 4.99 Å². The Morgan fingerprint density at radius 2 is 1.95 bits per heavy atom. The van der Waals surface area contributed by atoms with Gasteiger partial charge in [0.05, 0.1) is 5.71 Å². The quantitative estimate of drug-likeness (QED) is 0.323. The van der Waals surface area contributed by atoms with Crippen molar-refractivity contribution in [1.29, 1.82) is 0 Å². The molecule has 0 radical (unpaired) electrons.